The summed E-state index contributed by atoms with van der Waals surface area (Å²) in [4.78, 5) is 16.2. The van der Waals surface area contributed by atoms with Crippen LogP contribution in [0.15, 0.2) is 55.1 Å². The Balaban J connectivity index is 0.00000192. The number of hydrogen-bond acceptors (Lipinski definition) is 3. The van der Waals surface area contributed by atoms with Crippen LogP contribution in [0.1, 0.15) is 48.9 Å². The van der Waals surface area contributed by atoms with Crippen LogP contribution >= 0.6 is 12.4 Å². The Morgan fingerprint density at radius 2 is 1.75 bits per heavy atom. The molecule has 5 rings (SSSR count). The highest BCUT2D eigenvalue weighted by Crippen LogP contribution is 2.45. The molecule has 3 aromatic rings. The maximum Gasteiger partial charge on any atom is 0.290 e. The lowest BCUT2D eigenvalue weighted by Gasteiger charge is -2.08. The van der Waals surface area contributed by atoms with Crippen LogP contribution in [0.2, 0.25) is 0 Å². The minimum Gasteiger partial charge on any atom is -0.321 e. The van der Waals surface area contributed by atoms with E-state index in [4.69, 9.17) is 5.10 Å². The lowest BCUT2D eigenvalue weighted by Crippen LogP contribution is -2.39. The van der Waals surface area contributed by atoms with Crippen LogP contribution in [-0.2, 0) is 11.3 Å². The van der Waals surface area contributed by atoms with Gasteiger partial charge >= 0.3 is 0 Å². The van der Waals surface area contributed by atoms with E-state index in [9.17, 15) is 4.79 Å². The Hall–Kier alpha value is -2.73. The number of amides is 1. The van der Waals surface area contributed by atoms with E-state index in [-0.39, 0.29) is 24.9 Å². The topological polar surface area (TPSA) is 63.7 Å². The summed E-state index contributed by atoms with van der Waals surface area (Å²) in [7, 11) is 0. The van der Waals surface area contributed by atoms with Gasteiger partial charge in [0.1, 0.15) is 0 Å². The van der Waals surface area contributed by atoms with Crippen molar-refractivity contribution in [3.8, 4) is 5.69 Å². The number of nitrogens with one attached hydrogen (secondary N) is 1. The smallest absolute Gasteiger partial charge is 0.290 e. The number of nitrogens with zero attached hydrogens (tertiary/aromatic N) is 4. The molecule has 0 radical (unpaired) electrons. The molecular weight excluding hydrogens is 374 g/mol. The number of halogens is 1. The Morgan fingerprint density at radius 1 is 1.07 bits per heavy atom. The van der Waals surface area contributed by atoms with Crippen molar-refractivity contribution in [3.05, 3.63) is 66.5 Å². The van der Waals surface area contributed by atoms with Crippen molar-refractivity contribution >= 4 is 24.0 Å². The molecule has 144 valence electrons. The zero-order chi connectivity index (χ0) is 18.2. The summed E-state index contributed by atoms with van der Waals surface area (Å²) < 4.78 is 3.89. The number of rotatable bonds is 6. The lowest BCUT2D eigenvalue weighted by molar-refractivity contribution is -0.684. The second-order valence-corrected chi connectivity index (χ2v) is 7.47. The summed E-state index contributed by atoms with van der Waals surface area (Å²) in [5.74, 6) is 1.25. The molecule has 0 aliphatic heterocycles. The lowest BCUT2D eigenvalue weighted by atomic mass is 10.2. The van der Waals surface area contributed by atoms with E-state index in [1.54, 1.807) is 29.4 Å². The molecule has 28 heavy (non-hydrogen) atoms. The summed E-state index contributed by atoms with van der Waals surface area (Å²) in [5.41, 5.74) is 4.43. The van der Waals surface area contributed by atoms with Crippen LogP contribution in [0.5, 0.6) is 0 Å². The normalized spacial score (nSPS) is 15.7. The summed E-state index contributed by atoms with van der Waals surface area (Å²) in [6.45, 7) is 0.264. The van der Waals surface area contributed by atoms with E-state index in [1.807, 2.05) is 24.3 Å². The monoisotopic (exact) mass is 396 g/mol. The van der Waals surface area contributed by atoms with Gasteiger partial charge < -0.3 is 5.32 Å². The number of anilines is 1. The Kier molecular flexibility index (Phi) is 5.13. The summed E-state index contributed by atoms with van der Waals surface area (Å²) in [5, 5.41) is 7.81. The van der Waals surface area contributed by atoms with Gasteiger partial charge in [-0.2, -0.15) is 9.67 Å². The molecule has 7 heteroatoms. The molecule has 0 atom stereocenters. The van der Waals surface area contributed by atoms with Gasteiger partial charge in [-0.1, -0.05) is 0 Å². The molecule has 1 aromatic carbocycles. The van der Waals surface area contributed by atoms with Crippen molar-refractivity contribution in [1.29, 1.82) is 0 Å². The van der Waals surface area contributed by atoms with Gasteiger partial charge in [0, 0.05) is 23.2 Å². The fourth-order valence-electron chi connectivity index (χ4n) is 3.38. The highest BCUT2D eigenvalue weighted by atomic mass is 35.5. The highest BCUT2D eigenvalue weighted by molar-refractivity contribution is 5.89. The predicted octanol–water partition coefficient (Wildman–Crippen LogP) is 3.37. The molecule has 6 nitrogen and oxygen atoms in total. The first-order valence-corrected chi connectivity index (χ1v) is 9.55. The second-order valence-electron chi connectivity index (χ2n) is 7.47. The Labute approximate surface area is 170 Å². The fourth-order valence-corrected chi connectivity index (χ4v) is 3.38. The van der Waals surface area contributed by atoms with Crippen LogP contribution in [0.4, 0.5) is 5.69 Å². The summed E-state index contributed by atoms with van der Waals surface area (Å²) in [6, 6.07) is 10.3. The van der Waals surface area contributed by atoms with Crippen LogP contribution in [0.25, 0.3) is 5.69 Å². The van der Waals surface area contributed by atoms with Gasteiger partial charge in [-0.25, -0.2) is 4.68 Å². The zero-order valence-corrected chi connectivity index (χ0v) is 16.3. The summed E-state index contributed by atoms with van der Waals surface area (Å²) >= 11 is 0. The van der Waals surface area contributed by atoms with Crippen molar-refractivity contribution in [2.75, 3.05) is 5.32 Å². The Bertz CT molecular complexity index is 962. The Morgan fingerprint density at radius 3 is 2.39 bits per heavy atom. The molecule has 1 amide bonds. The first kappa shape index (κ1) is 18.6. The molecule has 2 aromatic heterocycles. The van der Waals surface area contributed by atoms with E-state index >= 15 is 0 Å². The number of carbonyl (C=O) groups is 1. The average Bonchev–Trinajstić information content (AvgIpc) is 3.62. The minimum atomic E-state index is -0.0623. The number of hydrogen-bond donors (Lipinski definition) is 1. The first-order chi connectivity index (χ1) is 13.3. The maximum atomic E-state index is 12.2. The largest absolute Gasteiger partial charge is 0.321 e. The maximum absolute atomic E-state index is 12.2. The van der Waals surface area contributed by atoms with E-state index in [0.717, 1.165) is 11.4 Å². The zero-order valence-electron chi connectivity index (χ0n) is 15.5. The molecule has 0 bridgehead atoms. The second kappa shape index (κ2) is 7.72. The van der Waals surface area contributed by atoms with Crippen LogP contribution < -0.4 is 9.88 Å². The first-order valence-electron chi connectivity index (χ1n) is 9.55. The van der Waals surface area contributed by atoms with Crippen molar-refractivity contribution in [2.45, 2.75) is 44.1 Å². The standard InChI is InChI=1S/C21H21N5O.ClH/c27-21(14-25-11-9-22-10-12-25)23-17-5-7-18(8-6-17)26-20(16-3-4-16)13-19(24-26)15-1-2-15;/h5-13,15-16H,1-4,14H2;1H/p+1. The third-order valence-electron chi connectivity index (χ3n) is 5.16. The van der Waals surface area contributed by atoms with Gasteiger partial charge in [-0.3, -0.25) is 9.78 Å². The average molecular weight is 397 g/mol. The highest BCUT2D eigenvalue weighted by Gasteiger charge is 2.32. The molecule has 2 aliphatic rings. The number of benzene rings is 1. The quantitative estimate of drug-likeness (QED) is 0.650. The SMILES string of the molecule is Cl.O=C(C[n+]1ccncc1)Nc1ccc(-n2nc(C3CC3)cc2C2CC2)cc1. The van der Waals surface area contributed by atoms with E-state index in [2.05, 4.69) is 21.0 Å². The van der Waals surface area contributed by atoms with Crippen molar-refractivity contribution < 1.29 is 9.36 Å². The van der Waals surface area contributed by atoms with Crippen molar-refractivity contribution in [3.63, 3.8) is 0 Å². The minimum absolute atomic E-state index is 0. The van der Waals surface area contributed by atoms with Gasteiger partial charge in [-0.05, 0) is 56.0 Å². The summed E-state index contributed by atoms with van der Waals surface area (Å²) in [6.07, 6.45) is 11.9. The van der Waals surface area contributed by atoms with Crippen LogP contribution in [0, 0.1) is 0 Å². The van der Waals surface area contributed by atoms with Gasteiger partial charge in [0.2, 0.25) is 6.54 Å². The number of carbonyl (C=O) groups excluding carboxylic acids is 1. The third-order valence-corrected chi connectivity index (χ3v) is 5.16. The third kappa shape index (κ3) is 4.07. The molecule has 2 saturated carbocycles. The van der Waals surface area contributed by atoms with E-state index in [1.165, 1.54) is 37.1 Å². The van der Waals surface area contributed by atoms with E-state index in [0.29, 0.717) is 11.8 Å². The van der Waals surface area contributed by atoms with E-state index < -0.39 is 0 Å². The van der Waals surface area contributed by atoms with Crippen LogP contribution in [-0.4, -0.2) is 20.7 Å². The molecule has 0 saturated heterocycles. The van der Waals surface area contributed by atoms with Gasteiger partial charge in [-0.15, -0.1) is 12.4 Å². The molecule has 0 unspecified atom stereocenters. The molecule has 2 heterocycles. The molecule has 2 fully saturated rings. The van der Waals surface area contributed by atoms with Gasteiger partial charge in [0.25, 0.3) is 5.91 Å². The molecule has 1 N–H and O–H groups in total. The van der Waals surface area contributed by atoms with Crippen molar-refractivity contribution in [1.82, 2.24) is 14.8 Å². The molecular formula is C21H23ClN5O+. The van der Waals surface area contributed by atoms with Gasteiger partial charge in [0.05, 0.1) is 23.8 Å². The van der Waals surface area contributed by atoms with Crippen molar-refractivity contribution in [2.24, 2.45) is 0 Å². The number of aromatic nitrogens is 4. The predicted molar refractivity (Wildman–Crippen MR) is 108 cm³/mol. The van der Waals surface area contributed by atoms with Gasteiger partial charge in [0.15, 0.2) is 12.4 Å². The molecule has 2 aliphatic carbocycles. The molecule has 0 spiro atoms. The fraction of sp³-hybridized carbons (Fsp3) is 0.333. The van der Waals surface area contributed by atoms with Crippen LogP contribution in [0.3, 0.4) is 0 Å².